The van der Waals surface area contributed by atoms with Crippen molar-refractivity contribution in [1.82, 2.24) is 0 Å². The predicted octanol–water partition coefficient (Wildman–Crippen LogP) is 0.963. The number of rotatable bonds is 7. The van der Waals surface area contributed by atoms with E-state index in [0.717, 1.165) is 18.8 Å². The van der Waals surface area contributed by atoms with Crippen LogP contribution in [-0.2, 0) is 0 Å². The third-order valence-electron chi connectivity index (χ3n) is 2.37. The van der Waals surface area contributed by atoms with Crippen molar-refractivity contribution in [1.29, 1.82) is 0 Å². The Hall–Kier alpha value is -1.26. The molecule has 0 atom stereocenters. The lowest BCUT2D eigenvalue weighted by Crippen LogP contribution is -2.26. The van der Waals surface area contributed by atoms with Crippen molar-refractivity contribution in [2.24, 2.45) is 0 Å². The molecular formula is C12H19NO3. The minimum absolute atomic E-state index is 0.147. The molecule has 90 valence electrons. The largest absolute Gasteiger partial charge is 0.508 e. The number of aromatic hydroxyl groups is 1. The summed E-state index contributed by atoms with van der Waals surface area (Å²) in [6, 6.07) is 7.01. The first-order valence-corrected chi connectivity index (χ1v) is 5.53. The van der Waals surface area contributed by atoms with Crippen LogP contribution in [0.15, 0.2) is 24.3 Å². The number of aliphatic hydroxyl groups excluding tert-OH is 2. The quantitative estimate of drug-likeness (QED) is 0.647. The molecule has 16 heavy (non-hydrogen) atoms. The molecule has 0 aliphatic heterocycles. The van der Waals surface area contributed by atoms with Gasteiger partial charge < -0.3 is 20.2 Å². The molecule has 0 heterocycles. The molecule has 4 heteroatoms. The lowest BCUT2D eigenvalue weighted by atomic mass is 10.2. The van der Waals surface area contributed by atoms with Crippen molar-refractivity contribution in [3.05, 3.63) is 24.3 Å². The smallest absolute Gasteiger partial charge is 0.117 e. The molecule has 4 nitrogen and oxygen atoms in total. The standard InChI is InChI=1S/C12H19NO3/c14-8-2-6-13(7-3-9-15)11-4-1-5-12(16)10-11/h1,4-5,10,14-16H,2-3,6-9H2. The molecule has 1 aromatic rings. The Morgan fingerprint density at radius 1 is 1.00 bits per heavy atom. The summed E-state index contributed by atoms with van der Waals surface area (Å²) in [5.74, 6) is 0.232. The molecule has 0 aliphatic carbocycles. The van der Waals surface area contributed by atoms with Crippen molar-refractivity contribution < 1.29 is 15.3 Å². The third kappa shape index (κ3) is 4.08. The van der Waals surface area contributed by atoms with Gasteiger partial charge in [-0.25, -0.2) is 0 Å². The van der Waals surface area contributed by atoms with Crippen molar-refractivity contribution in [2.45, 2.75) is 12.8 Å². The van der Waals surface area contributed by atoms with Crippen LogP contribution in [0.5, 0.6) is 5.75 Å². The summed E-state index contributed by atoms with van der Waals surface area (Å²) in [6.45, 7) is 1.74. The van der Waals surface area contributed by atoms with Gasteiger partial charge in [-0.05, 0) is 25.0 Å². The Labute approximate surface area is 95.8 Å². The maximum absolute atomic E-state index is 9.39. The van der Waals surface area contributed by atoms with Crippen LogP contribution in [-0.4, -0.2) is 41.6 Å². The van der Waals surface area contributed by atoms with E-state index < -0.39 is 0 Å². The fraction of sp³-hybridized carbons (Fsp3) is 0.500. The van der Waals surface area contributed by atoms with E-state index in [-0.39, 0.29) is 19.0 Å². The van der Waals surface area contributed by atoms with Crippen LogP contribution in [0.4, 0.5) is 5.69 Å². The zero-order chi connectivity index (χ0) is 11.8. The van der Waals surface area contributed by atoms with Crippen LogP contribution in [0.3, 0.4) is 0 Å². The molecule has 1 rings (SSSR count). The van der Waals surface area contributed by atoms with E-state index in [4.69, 9.17) is 10.2 Å². The van der Waals surface area contributed by atoms with Gasteiger partial charge in [0.25, 0.3) is 0 Å². The molecule has 0 amide bonds. The van der Waals surface area contributed by atoms with Gasteiger partial charge in [-0.2, -0.15) is 0 Å². The van der Waals surface area contributed by atoms with Gasteiger partial charge in [-0.15, -0.1) is 0 Å². The summed E-state index contributed by atoms with van der Waals surface area (Å²) >= 11 is 0. The number of benzene rings is 1. The summed E-state index contributed by atoms with van der Waals surface area (Å²) in [4.78, 5) is 2.05. The van der Waals surface area contributed by atoms with Crippen LogP contribution in [0.2, 0.25) is 0 Å². The Morgan fingerprint density at radius 3 is 2.12 bits per heavy atom. The summed E-state index contributed by atoms with van der Waals surface area (Å²) in [7, 11) is 0. The van der Waals surface area contributed by atoms with Gasteiger partial charge in [0.05, 0.1) is 0 Å². The molecule has 0 aliphatic rings. The number of aliphatic hydroxyl groups is 2. The average molecular weight is 225 g/mol. The monoisotopic (exact) mass is 225 g/mol. The van der Waals surface area contributed by atoms with Gasteiger partial charge in [0.2, 0.25) is 0 Å². The van der Waals surface area contributed by atoms with E-state index in [1.807, 2.05) is 11.0 Å². The zero-order valence-electron chi connectivity index (χ0n) is 9.34. The Balaban J connectivity index is 2.66. The fourth-order valence-corrected chi connectivity index (χ4v) is 1.58. The summed E-state index contributed by atoms with van der Waals surface area (Å²) in [6.07, 6.45) is 1.36. The molecular weight excluding hydrogens is 206 g/mol. The second-order valence-corrected chi connectivity index (χ2v) is 3.66. The van der Waals surface area contributed by atoms with Crippen LogP contribution >= 0.6 is 0 Å². The molecule has 3 N–H and O–H groups in total. The van der Waals surface area contributed by atoms with E-state index in [9.17, 15) is 5.11 Å². The van der Waals surface area contributed by atoms with E-state index in [1.54, 1.807) is 18.2 Å². The highest BCUT2D eigenvalue weighted by Crippen LogP contribution is 2.20. The highest BCUT2D eigenvalue weighted by molar-refractivity contribution is 5.50. The normalized spacial score (nSPS) is 10.4. The van der Waals surface area contributed by atoms with Gasteiger partial charge in [0, 0.05) is 38.1 Å². The number of hydrogen-bond acceptors (Lipinski definition) is 4. The van der Waals surface area contributed by atoms with Crippen LogP contribution in [0, 0.1) is 0 Å². The van der Waals surface area contributed by atoms with Gasteiger partial charge in [-0.3, -0.25) is 0 Å². The molecule has 0 unspecified atom stereocenters. The number of hydrogen-bond donors (Lipinski definition) is 3. The van der Waals surface area contributed by atoms with Gasteiger partial charge in [0.1, 0.15) is 5.75 Å². The SMILES string of the molecule is OCCCN(CCCO)c1cccc(O)c1. The summed E-state index contributed by atoms with van der Waals surface area (Å²) in [5.41, 5.74) is 0.918. The Bertz CT molecular complexity index is 296. The topological polar surface area (TPSA) is 63.9 Å². The highest BCUT2D eigenvalue weighted by Gasteiger charge is 2.06. The zero-order valence-corrected chi connectivity index (χ0v) is 9.34. The van der Waals surface area contributed by atoms with E-state index in [0.29, 0.717) is 12.8 Å². The van der Waals surface area contributed by atoms with Crippen molar-refractivity contribution in [3.8, 4) is 5.75 Å². The Kier molecular flexibility index (Phi) is 5.67. The molecule has 0 saturated carbocycles. The number of anilines is 1. The first-order valence-electron chi connectivity index (χ1n) is 5.53. The minimum Gasteiger partial charge on any atom is -0.508 e. The highest BCUT2D eigenvalue weighted by atomic mass is 16.3. The lowest BCUT2D eigenvalue weighted by molar-refractivity contribution is 0.282. The molecule has 0 radical (unpaired) electrons. The summed E-state index contributed by atoms with van der Waals surface area (Å²) in [5, 5.41) is 27.0. The van der Waals surface area contributed by atoms with Crippen LogP contribution < -0.4 is 4.90 Å². The number of phenolic OH excluding ortho intramolecular Hbond substituents is 1. The second kappa shape index (κ2) is 7.09. The molecule has 0 bridgehead atoms. The van der Waals surface area contributed by atoms with Crippen molar-refractivity contribution in [2.75, 3.05) is 31.2 Å². The van der Waals surface area contributed by atoms with Crippen molar-refractivity contribution in [3.63, 3.8) is 0 Å². The second-order valence-electron chi connectivity index (χ2n) is 3.66. The Morgan fingerprint density at radius 2 is 1.62 bits per heavy atom. The number of nitrogens with zero attached hydrogens (tertiary/aromatic N) is 1. The molecule has 1 aromatic carbocycles. The molecule has 0 saturated heterocycles. The average Bonchev–Trinajstić information content (AvgIpc) is 2.29. The van der Waals surface area contributed by atoms with E-state index >= 15 is 0 Å². The maximum atomic E-state index is 9.39. The fourth-order valence-electron chi connectivity index (χ4n) is 1.58. The first kappa shape index (κ1) is 12.8. The maximum Gasteiger partial charge on any atom is 0.117 e. The molecule has 0 spiro atoms. The van der Waals surface area contributed by atoms with Crippen molar-refractivity contribution >= 4 is 5.69 Å². The third-order valence-corrected chi connectivity index (χ3v) is 2.37. The van der Waals surface area contributed by atoms with Gasteiger partial charge in [0.15, 0.2) is 0 Å². The molecule has 0 aromatic heterocycles. The predicted molar refractivity (Wildman–Crippen MR) is 63.7 cm³/mol. The minimum atomic E-state index is 0.147. The van der Waals surface area contributed by atoms with Crippen LogP contribution in [0.1, 0.15) is 12.8 Å². The lowest BCUT2D eigenvalue weighted by Gasteiger charge is -2.24. The van der Waals surface area contributed by atoms with E-state index in [2.05, 4.69) is 0 Å². The van der Waals surface area contributed by atoms with E-state index in [1.165, 1.54) is 0 Å². The van der Waals surface area contributed by atoms with Gasteiger partial charge in [-0.1, -0.05) is 6.07 Å². The van der Waals surface area contributed by atoms with Crippen LogP contribution in [0.25, 0.3) is 0 Å². The summed E-state index contributed by atoms with van der Waals surface area (Å²) < 4.78 is 0. The molecule has 0 fully saturated rings. The van der Waals surface area contributed by atoms with Gasteiger partial charge >= 0.3 is 0 Å². The number of phenols is 1. The first-order chi connectivity index (χ1) is 7.77.